The van der Waals surface area contributed by atoms with Crippen molar-refractivity contribution in [2.75, 3.05) is 10.6 Å². The average molecular weight is 358 g/mol. The molecule has 1 heterocycles. The molecule has 3 rings (SSSR count). The molecule has 0 aliphatic rings. The van der Waals surface area contributed by atoms with Crippen LogP contribution in [-0.4, -0.2) is 10.9 Å². The summed E-state index contributed by atoms with van der Waals surface area (Å²) >= 11 is 7.33. The van der Waals surface area contributed by atoms with Crippen LogP contribution in [0.15, 0.2) is 47.8 Å². The Balaban J connectivity index is 1.73. The number of thiazole rings is 1. The molecule has 0 fully saturated rings. The van der Waals surface area contributed by atoms with Crippen LogP contribution in [0.1, 0.15) is 21.6 Å². The molecule has 0 unspecified atom stereocenters. The third-order valence-corrected chi connectivity index (χ3v) is 4.45. The van der Waals surface area contributed by atoms with Gasteiger partial charge in [-0.15, -0.1) is 11.3 Å². The first-order chi connectivity index (χ1) is 11.5. The molecule has 3 aromatic rings. The zero-order chi connectivity index (χ0) is 17.1. The van der Waals surface area contributed by atoms with Crippen molar-refractivity contribution in [3.8, 4) is 0 Å². The van der Waals surface area contributed by atoms with Gasteiger partial charge in [0.1, 0.15) is 5.69 Å². The first-order valence-corrected chi connectivity index (χ1v) is 8.64. The fraction of sp³-hybridized carbons (Fsp3) is 0.111. The minimum Gasteiger partial charge on any atom is -0.331 e. The third kappa shape index (κ3) is 3.93. The largest absolute Gasteiger partial charge is 0.331 e. The Bertz CT molecular complexity index is 891. The lowest BCUT2D eigenvalue weighted by atomic mass is 10.1. The quantitative estimate of drug-likeness (QED) is 0.656. The fourth-order valence-electron chi connectivity index (χ4n) is 2.18. The Morgan fingerprint density at radius 3 is 2.79 bits per heavy atom. The summed E-state index contributed by atoms with van der Waals surface area (Å²) in [5, 5.41) is 9.07. The Kier molecular flexibility index (Phi) is 4.83. The van der Waals surface area contributed by atoms with Gasteiger partial charge in [0.25, 0.3) is 5.91 Å². The molecule has 2 aromatic carbocycles. The van der Waals surface area contributed by atoms with Gasteiger partial charge >= 0.3 is 0 Å². The topological polar surface area (TPSA) is 54.0 Å². The molecular weight excluding hydrogens is 342 g/mol. The zero-order valence-corrected chi connectivity index (χ0v) is 14.8. The third-order valence-electron chi connectivity index (χ3n) is 3.45. The van der Waals surface area contributed by atoms with E-state index in [2.05, 4.69) is 15.6 Å². The number of benzene rings is 2. The maximum absolute atomic E-state index is 12.4. The van der Waals surface area contributed by atoms with Gasteiger partial charge in [-0.25, -0.2) is 4.98 Å². The molecular formula is C18H16ClN3OS. The number of hydrogen-bond acceptors (Lipinski definition) is 4. The maximum Gasteiger partial charge on any atom is 0.275 e. The second kappa shape index (κ2) is 7.03. The van der Waals surface area contributed by atoms with Crippen molar-refractivity contribution < 1.29 is 4.79 Å². The SMILES string of the molecule is Cc1ccc(C)c(NC(=O)c2csc(Nc3cccc(Cl)c3)n2)c1. The van der Waals surface area contributed by atoms with E-state index in [1.807, 2.05) is 44.2 Å². The summed E-state index contributed by atoms with van der Waals surface area (Å²) in [5.41, 5.74) is 4.13. The predicted octanol–water partition coefficient (Wildman–Crippen LogP) is 5.41. The highest BCUT2D eigenvalue weighted by Gasteiger charge is 2.12. The maximum atomic E-state index is 12.4. The van der Waals surface area contributed by atoms with Crippen molar-refractivity contribution in [3.05, 3.63) is 69.7 Å². The summed E-state index contributed by atoms with van der Waals surface area (Å²) in [6, 6.07) is 13.3. The molecule has 0 saturated heterocycles. The molecule has 0 spiro atoms. The van der Waals surface area contributed by atoms with Crippen LogP contribution in [-0.2, 0) is 0 Å². The van der Waals surface area contributed by atoms with Gasteiger partial charge in [-0.2, -0.15) is 0 Å². The number of hydrogen-bond donors (Lipinski definition) is 2. The van der Waals surface area contributed by atoms with Crippen molar-refractivity contribution in [2.24, 2.45) is 0 Å². The molecule has 0 radical (unpaired) electrons. The number of nitrogens with one attached hydrogen (secondary N) is 2. The van der Waals surface area contributed by atoms with E-state index in [1.54, 1.807) is 17.5 Å². The van der Waals surface area contributed by atoms with Crippen molar-refractivity contribution in [3.63, 3.8) is 0 Å². The number of carbonyl (C=O) groups excluding carboxylic acids is 1. The van der Waals surface area contributed by atoms with E-state index in [-0.39, 0.29) is 5.91 Å². The van der Waals surface area contributed by atoms with E-state index < -0.39 is 0 Å². The van der Waals surface area contributed by atoms with Crippen molar-refractivity contribution >= 4 is 45.4 Å². The molecule has 24 heavy (non-hydrogen) atoms. The molecule has 0 aliphatic carbocycles. The van der Waals surface area contributed by atoms with Gasteiger partial charge in [0.2, 0.25) is 0 Å². The first kappa shape index (κ1) is 16.5. The van der Waals surface area contributed by atoms with Gasteiger partial charge in [-0.05, 0) is 49.2 Å². The van der Waals surface area contributed by atoms with Crippen LogP contribution in [0.5, 0.6) is 0 Å². The van der Waals surface area contributed by atoms with E-state index in [9.17, 15) is 4.79 Å². The molecule has 6 heteroatoms. The minimum atomic E-state index is -0.223. The highest BCUT2D eigenvalue weighted by molar-refractivity contribution is 7.14. The van der Waals surface area contributed by atoms with Gasteiger partial charge in [0.15, 0.2) is 5.13 Å². The number of carbonyl (C=O) groups is 1. The Morgan fingerprint density at radius 1 is 1.17 bits per heavy atom. The molecule has 1 amide bonds. The highest BCUT2D eigenvalue weighted by Crippen LogP contribution is 2.24. The molecule has 0 aliphatic heterocycles. The van der Waals surface area contributed by atoms with Crippen LogP contribution in [0.2, 0.25) is 5.02 Å². The standard InChI is InChI=1S/C18H16ClN3OS/c1-11-6-7-12(2)15(8-11)21-17(23)16-10-24-18(22-16)20-14-5-3-4-13(19)9-14/h3-10H,1-2H3,(H,20,22)(H,21,23). The Hall–Kier alpha value is -2.37. The highest BCUT2D eigenvalue weighted by atomic mass is 35.5. The Labute approximate surface area is 149 Å². The van der Waals surface area contributed by atoms with Crippen LogP contribution < -0.4 is 10.6 Å². The number of aryl methyl sites for hydroxylation is 2. The first-order valence-electron chi connectivity index (χ1n) is 7.38. The molecule has 4 nitrogen and oxygen atoms in total. The number of halogens is 1. The second-order valence-electron chi connectivity index (χ2n) is 5.45. The van der Waals surface area contributed by atoms with E-state index >= 15 is 0 Å². The van der Waals surface area contributed by atoms with E-state index in [0.29, 0.717) is 15.8 Å². The molecule has 0 atom stereocenters. The monoisotopic (exact) mass is 357 g/mol. The summed E-state index contributed by atoms with van der Waals surface area (Å²) < 4.78 is 0. The van der Waals surface area contributed by atoms with Crippen LogP contribution in [0.3, 0.4) is 0 Å². The molecule has 0 bridgehead atoms. The lowest BCUT2D eigenvalue weighted by molar-refractivity contribution is 0.102. The molecule has 122 valence electrons. The summed E-state index contributed by atoms with van der Waals surface area (Å²) in [5.74, 6) is -0.223. The van der Waals surface area contributed by atoms with Gasteiger partial charge in [0.05, 0.1) is 0 Å². The number of amides is 1. The Morgan fingerprint density at radius 2 is 2.00 bits per heavy atom. The van der Waals surface area contributed by atoms with Crippen LogP contribution >= 0.6 is 22.9 Å². The second-order valence-corrected chi connectivity index (χ2v) is 6.74. The van der Waals surface area contributed by atoms with Crippen molar-refractivity contribution in [1.82, 2.24) is 4.98 Å². The average Bonchev–Trinajstić information content (AvgIpc) is 2.99. The zero-order valence-electron chi connectivity index (χ0n) is 13.3. The van der Waals surface area contributed by atoms with E-state index in [0.717, 1.165) is 22.5 Å². The van der Waals surface area contributed by atoms with E-state index in [4.69, 9.17) is 11.6 Å². The van der Waals surface area contributed by atoms with Gasteiger partial charge in [-0.1, -0.05) is 29.8 Å². The summed E-state index contributed by atoms with van der Waals surface area (Å²) in [6.07, 6.45) is 0. The smallest absolute Gasteiger partial charge is 0.275 e. The lowest BCUT2D eigenvalue weighted by Gasteiger charge is -2.08. The normalized spacial score (nSPS) is 10.5. The summed E-state index contributed by atoms with van der Waals surface area (Å²) in [6.45, 7) is 3.95. The molecule has 1 aromatic heterocycles. The van der Waals surface area contributed by atoms with Crippen molar-refractivity contribution in [1.29, 1.82) is 0 Å². The predicted molar refractivity (Wildman–Crippen MR) is 101 cm³/mol. The van der Waals surface area contributed by atoms with Gasteiger partial charge in [-0.3, -0.25) is 4.79 Å². The lowest BCUT2D eigenvalue weighted by Crippen LogP contribution is -2.13. The number of rotatable bonds is 4. The van der Waals surface area contributed by atoms with Crippen LogP contribution in [0, 0.1) is 13.8 Å². The van der Waals surface area contributed by atoms with Crippen LogP contribution in [0.25, 0.3) is 0 Å². The number of anilines is 3. The van der Waals surface area contributed by atoms with E-state index in [1.165, 1.54) is 11.3 Å². The van der Waals surface area contributed by atoms with Crippen molar-refractivity contribution in [2.45, 2.75) is 13.8 Å². The summed E-state index contributed by atoms with van der Waals surface area (Å²) in [7, 11) is 0. The van der Waals surface area contributed by atoms with Gasteiger partial charge in [0, 0.05) is 21.8 Å². The van der Waals surface area contributed by atoms with Crippen LogP contribution in [0.4, 0.5) is 16.5 Å². The van der Waals surface area contributed by atoms with Gasteiger partial charge < -0.3 is 10.6 Å². The number of aromatic nitrogens is 1. The summed E-state index contributed by atoms with van der Waals surface area (Å²) in [4.78, 5) is 16.7. The molecule has 0 saturated carbocycles. The molecule has 2 N–H and O–H groups in total. The fourth-order valence-corrected chi connectivity index (χ4v) is 3.08. The number of nitrogens with zero attached hydrogens (tertiary/aromatic N) is 1. The minimum absolute atomic E-state index is 0.223.